The largest absolute Gasteiger partial charge is 0.508 e. The second kappa shape index (κ2) is 4.94. The second-order valence-electron chi connectivity index (χ2n) is 4.80. The fourth-order valence-corrected chi connectivity index (χ4v) is 2.51. The Balaban J connectivity index is 1.86. The molecule has 1 heterocycles. The maximum atomic E-state index is 13.6. The molecule has 20 heavy (non-hydrogen) atoms. The van der Waals surface area contributed by atoms with Crippen molar-refractivity contribution in [1.29, 1.82) is 0 Å². The van der Waals surface area contributed by atoms with Crippen molar-refractivity contribution < 1.29 is 14.3 Å². The lowest BCUT2D eigenvalue weighted by molar-refractivity contribution is 0.101. The van der Waals surface area contributed by atoms with Gasteiger partial charge in [0.2, 0.25) is 0 Å². The highest BCUT2D eigenvalue weighted by Crippen LogP contribution is 2.37. The van der Waals surface area contributed by atoms with Crippen molar-refractivity contribution in [2.24, 2.45) is 0 Å². The minimum Gasteiger partial charge on any atom is -0.508 e. The number of aromatic nitrogens is 1. The molecule has 1 aromatic heterocycles. The Morgan fingerprint density at radius 3 is 2.80 bits per heavy atom. The van der Waals surface area contributed by atoms with E-state index in [-0.39, 0.29) is 17.3 Å². The lowest BCUT2D eigenvalue weighted by atomic mass is 10.2. The van der Waals surface area contributed by atoms with E-state index in [0.29, 0.717) is 11.7 Å². The number of nitrogens with one attached hydrogen (secondary N) is 1. The van der Waals surface area contributed by atoms with Crippen LogP contribution in [0.4, 0.5) is 10.1 Å². The van der Waals surface area contributed by atoms with Crippen LogP contribution in [0.25, 0.3) is 0 Å². The minimum atomic E-state index is -0.665. The quantitative estimate of drug-likeness (QED) is 0.838. The summed E-state index contributed by atoms with van der Waals surface area (Å²) < 4.78 is 16.3. The van der Waals surface area contributed by atoms with Gasteiger partial charge in [0.15, 0.2) is 0 Å². The van der Waals surface area contributed by atoms with Gasteiger partial charge in [-0.2, -0.15) is 0 Å². The third kappa shape index (κ3) is 2.56. The fraction of sp³-hybridized carbons (Fsp3) is 0.214. The normalized spacial score (nSPS) is 14.3. The molecule has 0 atom stereocenters. The van der Waals surface area contributed by atoms with Crippen LogP contribution in [0.3, 0.4) is 0 Å². The zero-order valence-electron chi connectivity index (χ0n) is 10.4. The van der Waals surface area contributed by atoms with Crippen LogP contribution in [0.1, 0.15) is 29.4 Å². The van der Waals surface area contributed by atoms with Crippen LogP contribution >= 0.6 is 15.9 Å². The van der Waals surface area contributed by atoms with Crippen LogP contribution < -0.4 is 5.32 Å². The van der Waals surface area contributed by atoms with Crippen LogP contribution in [-0.2, 0) is 0 Å². The highest BCUT2D eigenvalue weighted by molar-refractivity contribution is 9.10. The Hall–Kier alpha value is -1.82. The molecule has 104 valence electrons. The summed E-state index contributed by atoms with van der Waals surface area (Å²) in [5.74, 6) is -1.21. The minimum absolute atomic E-state index is 0.0486. The van der Waals surface area contributed by atoms with E-state index in [1.165, 1.54) is 12.1 Å². The first-order chi connectivity index (χ1) is 9.54. The van der Waals surface area contributed by atoms with Gasteiger partial charge in [0.1, 0.15) is 17.3 Å². The average molecular weight is 339 g/mol. The molecule has 0 bridgehead atoms. The van der Waals surface area contributed by atoms with Crippen LogP contribution in [0.5, 0.6) is 5.75 Å². The summed E-state index contributed by atoms with van der Waals surface area (Å²) in [5.41, 5.74) is 0.541. The maximum Gasteiger partial charge on any atom is 0.272 e. The van der Waals surface area contributed by atoms with Gasteiger partial charge in [-0.05, 0) is 47.0 Å². The number of carbonyl (C=O) groups is 1. The van der Waals surface area contributed by atoms with Gasteiger partial charge in [0.25, 0.3) is 5.91 Å². The molecular formula is C14H12BrFN2O2. The molecule has 2 N–H and O–H groups in total. The molecule has 4 nitrogen and oxygen atoms in total. The highest BCUT2D eigenvalue weighted by atomic mass is 79.9. The van der Waals surface area contributed by atoms with E-state index in [1.807, 2.05) is 10.8 Å². The Morgan fingerprint density at radius 1 is 1.40 bits per heavy atom. The molecule has 1 aromatic carbocycles. The van der Waals surface area contributed by atoms with Crippen molar-refractivity contribution in [3.05, 3.63) is 46.4 Å². The number of benzene rings is 1. The highest BCUT2D eigenvalue weighted by Gasteiger charge is 2.28. The number of amides is 1. The van der Waals surface area contributed by atoms with Crippen molar-refractivity contribution >= 4 is 27.5 Å². The zero-order chi connectivity index (χ0) is 14.3. The number of hydrogen-bond donors (Lipinski definition) is 2. The van der Waals surface area contributed by atoms with Crippen molar-refractivity contribution in [1.82, 2.24) is 4.57 Å². The Kier molecular flexibility index (Phi) is 3.25. The molecule has 1 amide bonds. The maximum absolute atomic E-state index is 13.6. The van der Waals surface area contributed by atoms with Crippen molar-refractivity contribution in [3.8, 4) is 5.75 Å². The summed E-state index contributed by atoms with van der Waals surface area (Å²) in [6, 6.07) is 5.69. The predicted molar refractivity (Wildman–Crippen MR) is 76.4 cm³/mol. The molecule has 0 saturated heterocycles. The molecular weight excluding hydrogens is 327 g/mol. The van der Waals surface area contributed by atoms with Gasteiger partial charge >= 0.3 is 0 Å². The summed E-state index contributed by atoms with van der Waals surface area (Å²) in [6.45, 7) is 0. The molecule has 6 heteroatoms. The van der Waals surface area contributed by atoms with E-state index in [9.17, 15) is 9.18 Å². The van der Waals surface area contributed by atoms with E-state index in [0.717, 1.165) is 23.4 Å². The van der Waals surface area contributed by atoms with Gasteiger partial charge < -0.3 is 15.0 Å². The van der Waals surface area contributed by atoms with Crippen LogP contribution in [-0.4, -0.2) is 15.6 Å². The summed E-state index contributed by atoms with van der Waals surface area (Å²) >= 11 is 3.35. The van der Waals surface area contributed by atoms with Crippen molar-refractivity contribution in [2.75, 3.05) is 5.32 Å². The topological polar surface area (TPSA) is 54.3 Å². The number of phenolic OH excluding ortho intramolecular Hbond substituents is 1. The first-order valence-corrected chi connectivity index (χ1v) is 7.01. The molecule has 0 radical (unpaired) electrons. The SMILES string of the molecule is O=C(Nc1ccc(O)cc1F)c1cc(Br)cn1C1CC1. The van der Waals surface area contributed by atoms with Gasteiger partial charge in [-0.3, -0.25) is 4.79 Å². The summed E-state index contributed by atoms with van der Waals surface area (Å²) in [5, 5.41) is 11.7. The molecule has 1 fully saturated rings. The van der Waals surface area contributed by atoms with Crippen LogP contribution in [0.15, 0.2) is 34.9 Å². The second-order valence-corrected chi connectivity index (χ2v) is 5.72. The summed E-state index contributed by atoms with van der Waals surface area (Å²) in [4.78, 5) is 12.2. The lowest BCUT2D eigenvalue weighted by Gasteiger charge is -2.09. The van der Waals surface area contributed by atoms with E-state index in [2.05, 4.69) is 21.2 Å². The van der Waals surface area contributed by atoms with E-state index >= 15 is 0 Å². The third-order valence-electron chi connectivity index (χ3n) is 3.19. The molecule has 1 saturated carbocycles. The van der Waals surface area contributed by atoms with Crippen molar-refractivity contribution in [3.63, 3.8) is 0 Å². The number of nitrogens with zero attached hydrogens (tertiary/aromatic N) is 1. The number of halogens is 2. The van der Waals surface area contributed by atoms with Gasteiger partial charge in [-0.25, -0.2) is 4.39 Å². The number of aromatic hydroxyl groups is 1. The fourth-order valence-electron chi connectivity index (χ4n) is 2.07. The number of carbonyl (C=O) groups excluding carboxylic acids is 1. The van der Waals surface area contributed by atoms with E-state index in [1.54, 1.807) is 6.07 Å². The van der Waals surface area contributed by atoms with Gasteiger partial charge in [0, 0.05) is 22.8 Å². The predicted octanol–water partition coefficient (Wildman–Crippen LogP) is 3.68. The third-order valence-corrected chi connectivity index (χ3v) is 3.62. The average Bonchev–Trinajstić information content (AvgIpc) is 3.16. The zero-order valence-corrected chi connectivity index (χ0v) is 12.0. The van der Waals surface area contributed by atoms with E-state index < -0.39 is 5.82 Å². The standard InChI is InChI=1S/C14H12BrFN2O2/c15-8-5-13(18(7-8)9-1-2-9)14(20)17-12-4-3-10(19)6-11(12)16/h3-7,9,19H,1-2H2,(H,17,20). The Bertz CT molecular complexity index is 680. The Labute approximate surface area is 123 Å². The summed E-state index contributed by atoms with van der Waals surface area (Å²) in [7, 11) is 0. The van der Waals surface area contributed by atoms with E-state index in [4.69, 9.17) is 5.11 Å². The smallest absolute Gasteiger partial charge is 0.272 e. The van der Waals surface area contributed by atoms with Crippen LogP contribution in [0, 0.1) is 5.82 Å². The van der Waals surface area contributed by atoms with Gasteiger partial charge in [-0.1, -0.05) is 0 Å². The summed E-state index contributed by atoms with van der Waals surface area (Å²) in [6.07, 6.45) is 3.96. The van der Waals surface area contributed by atoms with Crippen LogP contribution in [0.2, 0.25) is 0 Å². The molecule has 2 aromatic rings. The van der Waals surface area contributed by atoms with Crippen molar-refractivity contribution in [2.45, 2.75) is 18.9 Å². The number of phenols is 1. The molecule has 0 spiro atoms. The first-order valence-electron chi connectivity index (χ1n) is 6.22. The van der Waals surface area contributed by atoms with Gasteiger partial charge in [-0.15, -0.1) is 0 Å². The number of anilines is 1. The molecule has 0 aliphatic heterocycles. The molecule has 1 aliphatic carbocycles. The monoisotopic (exact) mass is 338 g/mol. The number of rotatable bonds is 3. The Morgan fingerprint density at radius 2 is 2.15 bits per heavy atom. The lowest BCUT2D eigenvalue weighted by Crippen LogP contribution is -2.17. The molecule has 0 unspecified atom stereocenters. The van der Waals surface area contributed by atoms with Gasteiger partial charge in [0.05, 0.1) is 5.69 Å². The number of hydrogen-bond acceptors (Lipinski definition) is 2. The molecule has 1 aliphatic rings. The first kappa shape index (κ1) is 13.2. The molecule has 3 rings (SSSR count).